The molecule has 0 saturated carbocycles. The van der Waals surface area contributed by atoms with E-state index in [1.807, 2.05) is 37.1 Å². The van der Waals surface area contributed by atoms with Gasteiger partial charge in [0.15, 0.2) is 11.4 Å². The zero-order chi connectivity index (χ0) is 18.4. The van der Waals surface area contributed by atoms with Gasteiger partial charge in [-0.1, -0.05) is 13.8 Å². The Labute approximate surface area is 152 Å². The molecule has 0 aliphatic carbocycles. The van der Waals surface area contributed by atoms with Crippen LogP contribution in [-0.4, -0.2) is 38.7 Å². The summed E-state index contributed by atoms with van der Waals surface area (Å²) in [6, 6.07) is 5.53. The van der Waals surface area contributed by atoms with Crippen molar-refractivity contribution < 1.29 is 9.21 Å². The van der Waals surface area contributed by atoms with Crippen LogP contribution in [0.25, 0.3) is 22.5 Å². The Morgan fingerprint density at radius 1 is 1.27 bits per heavy atom. The Hall–Kier alpha value is -2.63. The van der Waals surface area contributed by atoms with E-state index in [2.05, 4.69) is 18.9 Å². The SMILES string of the molecule is Cc1nn(C)c2nc(-c3ccco3)cc(C(=O)N3CC(C)CC(C)C3)c12. The fourth-order valence-corrected chi connectivity index (χ4v) is 4.16. The Kier molecular flexibility index (Phi) is 4.05. The molecular formula is C20H24N4O2. The van der Waals surface area contributed by atoms with Gasteiger partial charge >= 0.3 is 0 Å². The highest BCUT2D eigenvalue weighted by Crippen LogP contribution is 2.30. The van der Waals surface area contributed by atoms with Crippen molar-refractivity contribution in [2.24, 2.45) is 18.9 Å². The lowest BCUT2D eigenvalue weighted by atomic mass is 9.91. The molecule has 2 atom stereocenters. The fourth-order valence-electron chi connectivity index (χ4n) is 4.16. The Balaban J connectivity index is 1.86. The summed E-state index contributed by atoms with van der Waals surface area (Å²) in [4.78, 5) is 20.1. The molecule has 136 valence electrons. The molecule has 3 aromatic rings. The average molecular weight is 352 g/mol. The summed E-state index contributed by atoms with van der Waals surface area (Å²) < 4.78 is 7.24. The second kappa shape index (κ2) is 6.27. The van der Waals surface area contributed by atoms with Crippen LogP contribution in [0.1, 0.15) is 36.3 Å². The minimum atomic E-state index is 0.0553. The molecule has 2 unspecified atom stereocenters. The molecule has 0 aromatic carbocycles. The van der Waals surface area contributed by atoms with Crippen LogP contribution in [0.2, 0.25) is 0 Å². The lowest BCUT2D eigenvalue weighted by molar-refractivity contribution is 0.0625. The summed E-state index contributed by atoms with van der Waals surface area (Å²) in [5.74, 6) is 1.74. The molecule has 1 amide bonds. The van der Waals surface area contributed by atoms with Crippen LogP contribution in [0.4, 0.5) is 0 Å². The largest absolute Gasteiger partial charge is 0.463 e. The number of aromatic nitrogens is 3. The quantitative estimate of drug-likeness (QED) is 0.706. The maximum absolute atomic E-state index is 13.4. The highest BCUT2D eigenvalue weighted by Gasteiger charge is 2.29. The van der Waals surface area contributed by atoms with Crippen molar-refractivity contribution in [2.75, 3.05) is 13.1 Å². The first-order valence-electron chi connectivity index (χ1n) is 9.11. The van der Waals surface area contributed by atoms with Gasteiger partial charge in [0.1, 0.15) is 5.69 Å². The number of hydrogen-bond acceptors (Lipinski definition) is 4. The second-order valence-electron chi connectivity index (χ2n) is 7.60. The number of piperidine rings is 1. The predicted molar refractivity (Wildman–Crippen MR) is 99.8 cm³/mol. The zero-order valence-electron chi connectivity index (χ0n) is 15.7. The molecule has 6 nitrogen and oxygen atoms in total. The molecule has 6 heteroatoms. The van der Waals surface area contributed by atoms with Crippen molar-refractivity contribution >= 4 is 16.9 Å². The van der Waals surface area contributed by atoms with Gasteiger partial charge in [-0.15, -0.1) is 0 Å². The normalized spacial score (nSPS) is 20.7. The molecule has 0 bridgehead atoms. The van der Waals surface area contributed by atoms with Crippen LogP contribution >= 0.6 is 0 Å². The van der Waals surface area contributed by atoms with Crippen LogP contribution in [0.5, 0.6) is 0 Å². The minimum absolute atomic E-state index is 0.0553. The van der Waals surface area contributed by atoms with Gasteiger partial charge in [-0.3, -0.25) is 9.48 Å². The molecule has 26 heavy (non-hydrogen) atoms. The molecule has 4 heterocycles. The molecule has 1 aliphatic rings. The smallest absolute Gasteiger partial charge is 0.254 e. The number of amides is 1. The van der Waals surface area contributed by atoms with E-state index >= 15 is 0 Å². The van der Waals surface area contributed by atoms with Gasteiger partial charge < -0.3 is 9.32 Å². The van der Waals surface area contributed by atoms with E-state index in [-0.39, 0.29) is 5.91 Å². The summed E-state index contributed by atoms with van der Waals surface area (Å²) in [7, 11) is 1.85. The summed E-state index contributed by atoms with van der Waals surface area (Å²) >= 11 is 0. The van der Waals surface area contributed by atoms with Crippen molar-refractivity contribution in [1.29, 1.82) is 0 Å². The number of carbonyl (C=O) groups excluding carboxylic acids is 1. The van der Waals surface area contributed by atoms with Gasteiger partial charge in [0.2, 0.25) is 0 Å². The number of aryl methyl sites for hydroxylation is 2. The molecule has 4 rings (SSSR count). The number of furan rings is 1. The van der Waals surface area contributed by atoms with Gasteiger partial charge in [-0.25, -0.2) is 4.98 Å². The van der Waals surface area contributed by atoms with Crippen LogP contribution < -0.4 is 0 Å². The van der Waals surface area contributed by atoms with Gasteiger partial charge in [0, 0.05) is 20.1 Å². The second-order valence-corrected chi connectivity index (χ2v) is 7.60. The number of fused-ring (bicyclic) bond motifs is 1. The fraction of sp³-hybridized carbons (Fsp3) is 0.450. The molecule has 0 radical (unpaired) electrons. The number of pyridine rings is 1. The number of carbonyl (C=O) groups is 1. The van der Waals surface area contributed by atoms with E-state index in [0.29, 0.717) is 34.5 Å². The highest BCUT2D eigenvalue weighted by atomic mass is 16.3. The van der Waals surface area contributed by atoms with Gasteiger partial charge in [0.25, 0.3) is 5.91 Å². The van der Waals surface area contributed by atoms with Gasteiger partial charge in [-0.05, 0) is 43.4 Å². The molecule has 1 fully saturated rings. The highest BCUT2D eigenvalue weighted by molar-refractivity contribution is 6.07. The lowest BCUT2D eigenvalue weighted by Crippen LogP contribution is -2.42. The summed E-state index contributed by atoms with van der Waals surface area (Å²) in [6.07, 6.45) is 2.78. The Morgan fingerprint density at radius 2 is 2.00 bits per heavy atom. The Bertz CT molecular complexity index is 948. The Morgan fingerprint density at radius 3 is 2.65 bits per heavy atom. The van der Waals surface area contributed by atoms with Crippen LogP contribution in [-0.2, 0) is 7.05 Å². The molecular weight excluding hydrogens is 328 g/mol. The zero-order valence-corrected chi connectivity index (χ0v) is 15.7. The third-order valence-corrected chi connectivity index (χ3v) is 5.13. The first-order valence-corrected chi connectivity index (χ1v) is 9.11. The van der Waals surface area contributed by atoms with Gasteiger partial charge in [-0.2, -0.15) is 5.10 Å². The summed E-state index contributed by atoms with van der Waals surface area (Å²) in [5, 5.41) is 5.32. The monoisotopic (exact) mass is 352 g/mol. The minimum Gasteiger partial charge on any atom is -0.463 e. The maximum atomic E-state index is 13.4. The molecule has 0 N–H and O–H groups in total. The molecule has 1 aliphatic heterocycles. The average Bonchev–Trinajstić information content (AvgIpc) is 3.22. The number of hydrogen-bond donors (Lipinski definition) is 0. The lowest BCUT2D eigenvalue weighted by Gasteiger charge is -2.35. The third-order valence-electron chi connectivity index (χ3n) is 5.13. The first kappa shape index (κ1) is 16.8. The van der Waals surface area contributed by atoms with Crippen LogP contribution in [0.15, 0.2) is 28.9 Å². The molecule has 0 spiro atoms. The third kappa shape index (κ3) is 2.79. The topological polar surface area (TPSA) is 64.2 Å². The maximum Gasteiger partial charge on any atom is 0.254 e. The van der Waals surface area contributed by atoms with E-state index in [4.69, 9.17) is 9.40 Å². The van der Waals surface area contributed by atoms with E-state index in [1.165, 1.54) is 6.42 Å². The first-order chi connectivity index (χ1) is 12.4. The van der Waals surface area contributed by atoms with Crippen molar-refractivity contribution in [1.82, 2.24) is 19.7 Å². The van der Waals surface area contributed by atoms with Crippen molar-refractivity contribution in [3.63, 3.8) is 0 Å². The van der Waals surface area contributed by atoms with Crippen LogP contribution in [0.3, 0.4) is 0 Å². The summed E-state index contributed by atoms with van der Waals surface area (Å²) in [6.45, 7) is 7.93. The molecule has 3 aromatic heterocycles. The van der Waals surface area contributed by atoms with Crippen molar-refractivity contribution in [3.8, 4) is 11.5 Å². The number of likely N-dealkylation sites (tertiary alicyclic amines) is 1. The van der Waals surface area contributed by atoms with E-state index in [1.54, 1.807) is 10.9 Å². The van der Waals surface area contributed by atoms with E-state index < -0.39 is 0 Å². The predicted octanol–water partition coefficient (Wildman–Crippen LogP) is 3.65. The summed E-state index contributed by atoms with van der Waals surface area (Å²) in [5.41, 5.74) is 2.85. The van der Waals surface area contributed by atoms with E-state index in [9.17, 15) is 4.79 Å². The van der Waals surface area contributed by atoms with E-state index in [0.717, 1.165) is 24.2 Å². The van der Waals surface area contributed by atoms with Crippen molar-refractivity contribution in [3.05, 3.63) is 35.7 Å². The number of nitrogens with zero attached hydrogens (tertiary/aromatic N) is 4. The van der Waals surface area contributed by atoms with Crippen LogP contribution in [0, 0.1) is 18.8 Å². The standard InChI is InChI=1S/C20H24N4O2/c1-12-8-13(2)11-24(10-12)20(25)15-9-16(17-6-5-7-26-17)21-19-18(15)14(3)22-23(19)4/h5-7,9,12-13H,8,10-11H2,1-4H3. The van der Waals surface area contributed by atoms with Gasteiger partial charge in [0.05, 0.1) is 22.9 Å². The molecule has 1 saturated heterocycles. The number of rotatable bonds is 2. The van der Waals surface area contributed by atoms with Crippen molar-refractivity contribution in [2.45, 2.75) is 27.2 Å².